The number of nitrogen functional groups attached to an aromatic ring is 1. The average Bonchev–Trinajstić information content (AvgIpc) is 2.66. The second-order valence-electron chi connectivity index (χ2n) is 5.69. The third kappa shape index (κ3) is 4.69. The molecule has 0 saturated carbocycles. The molecule has 1 aromatic rings. The molecule has 2 rings (SSSR count). The average molecular weight is 311 g/mol. The number of aryl methyl sites for hydroxylation is 1. The van der Waals surface area contributed by atoms with Gasteiger partial charge in [-0.3, -0.25) is 0 Å². The summed E-state index contributed by atoms with van der Waals surface area (Å²) in [6.07, 6.45) is 4.97. The van der Waals surface area contributed by atoms with E-state index in [2.05, 4.69) is 9.62 Å². The van der Waals surface area contributed by atoms with E-state index in [1.807, 2.05) is 6.92 Å². The van der Waals surface area contributed by atoms with Crippen molar-refractivity contribution in [1.82, 2.24) is 9.62 Å². The van der Waals surface area contributed by atoms with E-state index < -0.39 is 10.0 Å². The summed E-state index contributed by atoms with van der Waals surface area (Å²) in [5.74, 6) is 0. The van der Waals surface area contributed by atoms with Crippen LogP contribution in [-0.2, 0) is 10.0 Å². The number of nitrogens with zero attached hydrogens (tertiary/aromatic N) is 1. The third-order valence-corrected chi connectivity index (χ3v) is 5.41. The molecule has 1 aromatic carbocycles. The summed E-state index contributed by atoms with van der Waals surface area (Å²) in [6, 6.07) is 5.02. The standard InChI is InChI=1S/C15H25N3O2S/c1-13-6-7-15(14(16)12-13)21(19,20)17-8-11-18-9-4-2-3-5-10-18/h6-7,12,17H,2-5,8-11,16H2,1H3. The Bertz CT molecular complexity index is 564. The van der Waals surface area contributed by atoms with Crippen LogP contribution in [0, 0.1) is 6.92 Å². The van der Waals surface area contributed by atoms with Gasteiger partial charge in [0, 0.05) is 13.1 Å². The number of likely N-dealkylation sites (tertiary alicyclic amines) is 1. The molecule has 0 unspecified atom stereocenters. The number of nitrogens with two attached hydrogens (primary N) is 1. The molecule has 3 N–H and O–H groups in total. The van der Waals surface area contributed by atoms with Crippen LogP contribution < -0.4 is 10.5 Å². The molecule has 1 aliphatic heterocycles. The van der Waals surface area contributed by atoms with Crippen molar-refractivity contribution in [3.63, 3.8) is 0 Å². The van der Waals surface area contributed by atoms with Gasteiger partial charge in [-0.1, -0.05) is 18.9 Å². The van der Waals surface area contributed by atoms with Crippen molar-refractivity contribution < 1.29 is 8.42 Å². The minimum Gasteiger partial charge on any atom is -0.398 e. The number of hydrogen-bond donors (Lipinski definition) is 2. The number of anilines is 1. The number of benzene rings is 1. The first-order chi connectivity index (χ1) is 9.99. The van der Waals surface area contributed by atoms with Gasteiger partial charge in [0.15, 0.2) is 0 Å². The molecule has 6 heteroatoms. The van der Waals surface area contributed by atoms with Gasteiger partial charge < -0.3 is 10.6 Å². The van der Waals surface area contributed by atoms with Gasteiger partial charge in [0.05, 0.1) is 5.69 Å². The second-order valence-corrected chi connectivity index (χ2v) is 7.43. The molecule has 21 heavy (non-hydrogen) atoms. The predicted octanol–water partition coefficient (Wildman–Crippen LogP) is 1.73. The van der Waals surface area contributed by atoms with E-state index >= 15 is 0 Å². The van der Waals surface area contributed by atoms with Crippen molar-refractivity contribution in [2.24, 2.45) is 0 Å². The first-order valence-electron chi connectivity index (χ1n) is 7.57. The molecule has 0 atom stereocenters. The second kappa shape index (κ2) is 7.24. The number of nitrogens with one attached hydrogen (secondary N) is 1. The van der Waals surface area contributed by atoms with Gasteiger partial charge in [0.25, 0.3) is 0 Å². The molecular formula is C15H25N3O2S. The summed E-state index contributed by atoms with van der Waals surface area (Å²) in [4.78, 5) is 2.50. The lowest BCUT2D eigenvalue weighted by molar-refractivity contribution is 0.290. The molecule has 0 amide bonds. The fourth-order valence-corrected chi connectivity index (χ4v) is 3.82. The molecule has 0 radical (unpaired) electrons. The highest BCUT2D eigenvalue weighted by molar-refractivity contribution is 7.89. The van der Waals surface area contributed by atoms with Gasteiger partial charge in [-0.15, -0.1) is 0 Å². The Morgan fingerprint density at radius 1 is 1.19 bits per heavy atom. The van der Waals surface area contributed by atoms with E-state index in [-0.39, 0.29) is 4.90 Å². The Kier molecular flexibility index (Phi) is 5.61. The molecule has 1 aliphatic rings. The zero-order chi connectivity index (χ0) is 15.3. The van der Waals surface area contributed by atoms with Crippen LogP contribution in [0.4, 0.5) is 5.69 Å². The Hall–Kier alpha value is -1.11. The molecule has 0 aliphatic carbocycles. The van der Waals surface area contributed by atoms with Crippen molar-refractivity contribution in [3.05, 3.63) is 23.8 Å². The van der Waals surface area contributed by atoms with Crippen molar-refractivity contribution in [2.45, 2.75) is 37.5 Å². The highest BCUT2D eigenvalue weighted by Gasteiger charge is 2.17. The molecule has 1 fully saturated rings. The summed E-state index contributed by atoms with van der Waals surface area (Å²) in [6.45, 7) is 5.20. The maximum Gasteiger partial charge on any atom is 0.242 e. The van der Waals surface area contributed by atoms with E-state index in [1.54, 1.807) is 18.2 Å². The van der Waals surface area contributed by atoms with Crippen LogP contribution in [0.3, 0.4) is 0 Å². The SMILES string of the molecule is Cc1ccc(S(=O)(=O)NCCN2CCCCCC2)c(N)c1. The Balaban J connectivity index is 1.91. The van der Waals surface area contributed by atoms with E-state index in [0.717, 1.165) is 25.2 Å². The molecule has 0 bridgehead atoms. The Labute approximate surface area is 127 Å². The fraction of sp³-hybridized carbons (Fsp3) is 0.600. The van der Waals surface area contributed by atoms with Gasteiger partial charge in [-0.2, -0.15) is 0 Å². The third-order valence-electron chi connectivity index (χ3n) is 3.87. The molecule has 1 heterocycles. The smallest absolute Gasteiger partial charge is 0.242 e. The lowest BCUT2D eigenvalue weighted by atomic mass is 10.2. The van der Waals surface area contributed by atoms with Crippen LogP contribution in [0.25, 0.3) is 0 Å². The lowest BCUT2D eigenvalue weighted by Gasteiger charge is -2.19. The highest BCUT2D eigenvalue weighted by atomic mass is 32.2. The van der Waals surface area contributed by atoms with Gasteiger partial charge in [0.2, 0.25) is 10.0 Å². The van der Waals surface area contributed by atoms with E-state index in [4.69, 9.17) is 5.73 Å². The van der Waals surface area contributed by atoms with Crippen LogP contribution in [0.5, 0.6) is 0 Å². The van der Waals surface area contributed by atoms with Crippen LogP contribution in [-0.4, -0.2) is 39.5 Å². The fourth-order valence-electron chi connectivity index (χ4n) is 2.69. The Morgan fingerprint density at radius 3 is 2.48 bits per heavy atom. The van der Waals surface area contributed by atoms with Crippen LogP contribution in [0.2, 0.25) is 0 Å². The summed E-state index contributed by atoms with van der Waals surface area (Å²) < 4.78 is 27.2. The van der Waals surface area contributed by atoms with Crippen LogP contribution in [0.1, 0.15) is 31.2 Å². The van der Waals surface area contributed by atoms with E-state index in [1.165, 1.54) is 25.7 Å². The van der Waals surface area contributed by atoms with Gasteiger partial charge in [0.1, 0.15) is 4.90 Å². The van der Waals surface area contributed by atoms with Crippen LogP contribution >= 0.6 is 0 Å². The van der Waals surface area contributed by atoms with Gasteiger partial charge in [-0.25, -0.2) is 13.1 Å². The molecule has 0 spiro atoms. The minimum absolute atomic E-state index is 0.170. The quantitative estimate of drug-likeness (QED) is 0.812. The molecular weight excluding hydrogens is 286 g/mol. The van der Waals surface area contributed by atoms with Crippen LogP contribution in [0.15, 0.2) is 23.1 Å². The molecule has 5 nitrogen and oxygen atoms in total. The highest BCUT2D eigenvalue weighted by Crippen LogP contribution is 2.19. The maximum atomic E-state index is 12.3. The topological polar surface area (TPSA) is 75.4 Å². The predicted molar refractivity (Wildman–Crippen MR) is 85.7 cm³/mol. The van der Waals surface area contributed by atoms with Gasteiger partial charge >= 0.3 is 0 Å². The van der Waals surface area contributed by atoms with E-state index in [0.29, 0.717) is 12.2 Å². The normalized spacial score (nSPS) is 17.6. The molecule has 0 aromatic heterocycles. The van der Waals surface area contributed by atoms with Crippen molar-refractivity contribution in [2.75, 3.05) is 31.9 Å². The Morgan fingerprint density at radius 2 is 1.86 bits per heavy atom. The molecule has 1 saturated heterocycles. The number of rotatable bonds is 5. The zero-order valence-corrected chi connectivity index (χ0v) is 13.5. The lowest BCUT2D eigenvalue weighted by Crippen LogP contribution is -2.35. The first-order valence-corrected chi connectivity index (χ1v) is 9.05. The summed E-state index contributed by atoms with van der Waals surface area (Å²) >= 11 is 0. The van der Waals surface area contributed by atoms with Crippen molar-refractivity contribution >= 4 is 15.7 Å². The first kappa shape index (κ1) is 16.3. The summed E-state index contributed by atoms with van der Waals surface area (Å²) in [5.41, 5.74) is 7.07. The summed E-state index contributed by atoms with van der Waals surface area (Å²) in [5, 5.41) is 0. The summed E-state index contributed by atoms with van der Waals surface area (Å²) in [7, 11) is -3.52. The number of sulfonamides is 1. The van der Waals surface area contributed by atoms with Gasteiger partial charge in [-0.05, 0) is 50.6 Å². The minimum atomic E-state index is -3.52. The van der Waals surface area contributed by atoms with E-state index in [9.17, 15) is 8.42 Å². The van der Waals surface area contributed by atoms with Crippen molar-refractivity contribution in [1.29, 1.82) is 0 Å². The maximum absolute atomic E-state index is 12.3. The monoisotopic (exact) mass is 311 g/mol. The zero-order valence-electron chi connectivity index (χ0n) is 12.6. The largest absolute Gasteiger partial charge is 0.398 e. The molecule has 118 valence electrons. The number of hydrogen-bond acceptors (Lipinski definition) is 4. The van der Waals surface area contributed by atoms with Crippen molar-refractivity contribution in [3.8, 4) is 0 Å².